The van der Waals surface area contributed by atoms with Gasteiger partial charge in [0.25, 0.3) is 11.8 Å². The molecule has 1 aromatic heterocycles. The van der Waals surface area contributed by atoms with Gasteiger partial charge in [0.2, 0.25) is 0 Å². The number of hydrogen-bond donors (Lipinski definition) is 0. The van der Waals surface area contributed by atoms with E-state index in [-0.39, 0.29) is 17.2 Å². The maximum Gasteiger partial charge on any atom is 0.272 e. The summed E-state index contributed by atoms with van der Waals surface area (Å²) in [5.41, 5.74) is 0.322. The highest BCUT2D eigenvalue weighted by Gasteiger charge is 2.26. The van der Waals surface area contributed by atoms with E-state index in [1.807, 2.05) is 0 Å². The van der Waals surface area contributed by atoms with Crippen LogP contribution >= 0.6 is 11.6 Å². The quantitative estimate of drug-likeness (QED) is 0.822. The highest BCUT2D eigenvalue weighted by Crippen LogP contribution is 2.15. The van der Waals surface area contributed by atoms with Gasteiger partial charge in [0.05, 0.1) is 0 Å². The number of amides is 2. The lowest BCUT2D eigenvalue weighted by atomic mass is 10.1. The summed E-state index contributed by atoms with van der Waals surface area (Å²) in [5.74, 6) is -2.72. The number of hydrogen-bond acceptors (Lipinski definition) is 3. The fourth-order valence-electron chi connectivity index (χ4n) is 2.61. The van der Waals surface area contributed by atoms with Crippen LogP contribution in [0.25, 0.3) is 0 Å². The second-order valence-corrected chi connectivity index (χ2v) is 6.01. The first kappa shape index (κ1) is 17.3. The zero-order chi connectivity index (χ0) is 18.0. The number of aromatic nitrogens is 1. The van der Waals surface area contributed by atoms with Gasteiger partial charge in [0.1, 0.15) is 5.69 Å². The topological polar surface area (TPSA) is 53.5 Å². The largest absolute Gasteiger partial charge is 0.335 e. The van der Waals surface area contributed by atoms with Crippen molar-refractivity contribution in [3.05, 3.63) is 64.4 Å². The van der Waals surface area contributed by atoms with Gasteiger partial charge in [-0.3, -0.25) is 14.6 Å². The lowest BCUT2D eigenvalue weighted by molar-refractivity contribution is 0.0532. The van der Waals surface area contributed by atoms with Crippen LogP contribution < -0.4 is 0 Å². The number of rotatable bonds is 2. The molecule has 3 rings (SSSR count). The lowest BCUT2D eigenvalue weighted by Crippen LogP contribution is -2.50. The summed E-state index contributed by atoms with van der Waals surface area (Å²) in [6.07, 6.45) is 1.46. The normalized spacial score (nSPS) is 14.5. The van der Waals surface area contributed by atoms with Crippen LogP contribution in [0.3, 0.4) is 0 Å². The van der Waals surface area contributed by atoms with E-state index < -0.39 is 17.5 Å². The smallest absolute Gasteiger partial charge is 0.272 e. The minimum Gasteiger partial charge on any atom is -0.335 e. The summed E-state index contributed by atoms with van der Waals surface area (Å²) in [6, 6.07) is 6.12. The van der Waals surface area contributed by atoms with Crippen LogP contribution in [0.1, 0.15) is 20.8 Å². The molecule has 5 nitrogen and oxygen atoms in total. The second-order valence-electron chi connectivity index (χ2n) is 5.57. The van der Waals surface area contributed by atoms with E-state index in [0.717, 1.165) is 12.1 Å². The molecular weight excluding hydrogens is 352 g/mol. The minimum atomic E-state index is -1.06. The van der Waals surface area contributed by atoms with Gasteiger partial charge in [-0.25, -0.2) is 8.78 Å². The molecular formula is C17H14ClF2N3O2. The maximum absolute atomic E-state index is 13.3. The van der Waals surface area contributed by atoms with Gasteiger partial charge < -0.3 is 9.80 Å². The first-order chi connectivity index (χ1) is 12.0. The van der Waals surface area contributed by atoms with Gasteiger partial charge in [0.15, 0.2) is 11.6 Å². The Bertz CT molecular complexity index is 823. The molecule has 1 fully saturated rings. The van der Waals surface area contributed by atoms with Gasteiger partial charge in [-0.05, 0) is 30.3 Å². The Kier molecular flexibility index (Phi) is 4.94. The maximum atomic E-state index is 13.3. The van der Waals surface area contributed by atoms with Gasteiger partial charge in [0, 0.05) is 43.0 Å². The Hall–Kier alpha value is -2.54. The Balaban J connectivity index is 1.64. The van der Waals surface area contributed by atoms with Crippen molar-refractivity contribution < 1.29 is 18.4 Å². The molecule has 2 aromatic rings. The van der Waals surface area contributed by atoms with E-state index in [4.69, 9.17) is 11.6 Å². The fraction of sp³-hybridized carbons (Fsp3) is 0.235. The molecule has 130 valence electrons. The molecule has 0 atom stereocenters. The zero-order valence-corrected chi connectivity index (χ0v) is 13.8. The predicted octanol–water partition coefficient (Wildman–Crippen LogP) is 2.61. The third-order valence-corrected chi connectivity index (χ3v) is 4.20. The Morgan fingerprint density at radius 3 is 2.16 bits per heavy atom. The third-order valence-electron chi connectivity index (χ3n) is 3.96. The number of carbonyl (C=O) groups excluding carboxylic acids is 2. The minimum absolute atomic E-state index is 0.0789. The van der Waals surface area contributed by atoms with Crippen molar-refractivity contribution in [3.8, 4) is 0 Å². The summed E-state index contributed by atoms with van der Waals surface area (Å²) in [5, 5.41) is 0.422. The average Bonchev–Trinajstić information content (AvgIpc) is 2.63. The summed E-state index contributed by atoms with van der Waals surface area (Å²) in [4.78, 5) is 31.8. The van der Waals surface area contributed by atoms with Gasteiger partial charge in [-0.1, -0.05) is 11.6 Å². The molecule has 1 aliphatic heterocycles. The Morgan fingerprint density at radius 2 is 1.56 bits per heavy atom. The molecule has 25 heavy (non-hydrogen) atoms. The van der Waals surface area contributed by atoms with Crippen molar-refractivity contribution >= 4 is 23.4 Å². The monoisotopic (exact) mass is 365 g/mol. The molecule has 0 radical (unpaired) electrons. The van der Waals surface area contributed by atoms with Crippen molar-refractivity contribution in [1.82, 2.24) is 14.8 Å². The lowest BCUT2D eigenvalue weighted by Gasteiger charge is -2.34. The highest BCUT2D eigenvalue weighted by molar-refractivity contribution is 6.30. The van der Waals surface area contributed by atoms with Gasteiger partial charge in [-0.15, -0.1) is 0 Å². The molecule has 0 saturated carbocycles. The summed E-state index contributed by atoms with van der Waals surface area (Å²) in [7, 11) is 0. The van der Waals surface area contributed by atoms with Crippen LogP contribution in [0.4, 0.5) is 8.78 Å². The average molecular weight is 366 g/mol. The van der Waals surface area contributed by atoms with Crippen LogP contribution in [-0.4, -0.2) is 52.8 Å². The molecule has 2 amide bonds. The van der Waals surface area contributed by atoms with E-state index in [9.17, 15) is 18.4 Å². The number of carbonyl (C=O) groups is 2. The molecule has 0 bridgehead atoms. The second kappa shape index (κ2) is 7.14. The third kappa shape index (κ3) is 3.76. The van der Waals surface area contributed by atoms with Crippen molar-refractivity contribution in [2.45, 2.75) is 0 Å². The first-order valence-electron chi connectivity index (χ1n) is 7.61. The van der Waals surface area contributed by atoms with Gasteiger partial charge >= 0.3 is 0 Å². The Labute approximate surface area is 147 Å². The molecule has 8 heteroatoms. The van der Waals surface area contributed by atoms with Crippen LogP contribution in [0.5, 0.6) is 0 Å². The molecule has 1 aromatic carbocycles. The van der Waals surface area contributed by atoms with E-state index in [1.165, 1.54) is 23.2 Å². The molecule has 0 spiro atoms. The molecule has 0 unspecified atom stereocenters. The molecule has 0 N–H and O–H groups in total. The molecule has 1 aliphatic rings. The number of pyridine rings is 1. The SMILES string of the molecule is O=C(c1ccc(F)c(F)c1)N1CCN(C(=O)c2cc(Cl)ccn2)CC1. The van der Waals surface area contributed by atoms with E-state index in [0.29, 0.717) is 31.2 Å². The fourth-order valence-corrected chi connectivity index (χ4v) is 2.77. The van der Waals surface area contributed by atoms with Crippen molar-refractivity contribution in [3.63, 3.8) is 0 Å². The van der Waals surface area contributed by atoms with Gasteiger partial charge in [-0.2, -0.15) is 0 Å². The molecule has 0 aliphatic carbocycles. The molecule has 1 saturated heterocycles. The zero-order valence-electron chi connectivity index (χ0n) is 13.1. The van der Waals surface area contributed by atoms with E-state index >= 15 is 0 Å². The van der Waals surface area contributed by atoms with E-state index in [1.54, 1.807) is 11.0 Å². The van der Waals surface area contributed by atoms with Crippen LogP contribution in [0.2, 0.25) is 5.02 Å². The van der Waals surface area contributed by atoms with Crippen LogP contribution in [0, 0.1) is 11.6 Å². The summed E-state index contributed by atoms with van der Waals surface area (Å²) < 4.78 is 26.3. The number of halogens is 3. The summed E-state index contributed by atoms with van der Waals surface area (Å²) >= 11 is 5.86. The first-order valence-corrected chi connectivity index (χ1v) is 7.98. The summed E-state index contributed by atoms with van der Waals surface area (Å²) in [6.45, 7) is 1.24. The standard InChI is InChI=1S/C17H14ClF2N3O2/c18-12-3-4-21-15(10-12)17(25)23-7-5-22(6-8-23)16(24)11-1-2-13(19)14(20)9-11/h1-4,9-10H,5-8H2. The Morgan fingerprint density at radius 1 is 0.920 bits per heavy atom. The highest BCUT2D eigenvalue weighted by atomic mass is 35.5. The number of benzene rings is 1. The predicted molar refractivity (Wildman–Crippen MR) is 87.4 cm³/mol. The number of piperazine rings is 1. The number of nitrogens with zero attached hydrogens (tertiary/aromatic N) is 3. The van der Waals surface area contributed by atoms with Crippen molar-refractivity contribution in [1.29, 1.82) is 0 Å². The molecule has 2 heterocycles. The van der Waals surface area contributed by atoms with Crippen LogP contribution in [0.15, 0.2) is 36.5 Å². The van der Waals surface area contributed by atoms with Crippen LogP contribution in [-0.2, 0) is 0 Å². The van der Waals surface area contributed by atoms with Crippen molar-refractivity contribution in [2.24, 2.45) is 0 Å². The van der Waals surface area contributed by atoms with E-state index in [2.05, 4.69) is 4.98 Å². The van der Waals surface area contributed by atoms with Crippen molar-refractivity contribution in [2.75, 3.05) is 26.2 Å².